The summed E-state index contributed by atoms with van der Waals surface area (Å²) in [4.78, 5) is 25.4. The van der Waals surface area contributed by atoms with Gasteiger partial charge in [-0.3, -0.25) is 0 Å². The number of sulfone groups is 1. The Hall–Kier alpha value is -3.74. The quantitative estimate of drug-likeness (QED) is 0.263. The zero-order chi connectivity index (χ0) is 27.1. The molecule has 4 rings (SSSR count). The summed E-state index contributed by atoms with van der Waals surface area (Å²) in [5, 5.41) is 9.95. The van der Waals surface area contributed by atoms with Crippen molar-refractivity contribution in [2.75, 3.05) is 17.7 Å². The second kappa shape index (κ2) is 12.2. The molecule has 1 atom stereocenters. The van der Waals surface area contributed by atoms with Gasteiger partial charge in [-0.15, -0.1) is 0 Å². The van der Waals surface area contributed by atoms with Gasteiger partial charge in [0.1, 0.15) is 12.1 Å². The number of carbonyl (C=O) groups excluding carboxylic acids is 1. The van der Waals surface area contributed by atoms with Crippen molar-refractivity contribution in [1.29, 1.82) is 0 Å². The Labute approximate surface area is 229 Å². The Morgan fingerprint density at radius 2 is 1.79 bits per heavy atom. The summed E-state index contributed by atoms with van der Waals surface area (Å²) in [5.41, 5.74) is 0.250. The predicted octanol–water partition coefficient (Wildman–Crippen LogP) is 4.49. The van der Waals surface area contributed by atoms with Gasteiger partial charge in [-0.05, 0) is 37.6 Å². The van der Waals surface area contributed by atoms with Crippen LogP contribution >= 0.6 is 23.2 Å². The first kappa shape index (κ1) is 27.3. The fraction of sp³-hybridized carbons (Fsp3) is 0.208. The third kappa shape index (κ3) is 6.77. The van der Waals surface area contributed by atoms with E-state index >= 15 is 0 Å². The fourth-order valence-electron chi connectivity index (χ4n) is 3.43. The number of aromatic nitrogens is 5. The van der Waals surface area contributed by atoms with Crippen LogP contribution in [-0.2, 0) is 9.84 Å². The summed E-state index contributed by atoms with van der Waals surface area (Å²) < 4.78 is 32.0. The van der Waals surface area contributed by atoms with E-state index in [4.69, 9.17) is 27.9 Å². The monoisotopic (exact) mass is 575 g/mol. The van der Waals surface area contributed by atoms with Gasteiger partial charge in [0.2, 0.25) is 0 Å². The maximum atomic E-state index is 12.7. The molecule has 2 aromatic heterocycles. The number of amides is 2. The number of anilines is 1. The third-order valence-corrected chi connectivity index (χ3v) is 7.66. The molecule has 14 heteroatoms. The molecular weight excluding hydrogens is 553 g/mol. The van der Waals surface area contributed by atoms with Gasteiger partial charge in [-0.2, -0.15) is 9.78 Å². The number of nitrogens with one attached hydrogen (secondary N) is 2. The van der Waals surface area contributed by atoms with E-state index in [0.717, 1.165) is 0 Å². The van der Waals surface area contributed by atoms with Gasteiger partial charge in [0.15, 0.2) is 15.7 Å². The molecule has 0 aliphatic rings. The van der Waals surface area contributed by atoms with E-state index in [-0.39, 0.29) is 45.2 Å². The number of carbonyl (C=O) groups is 1. The number of nitrogens with zero attached hydrogens (tertiary/aromatic N) is 5. The molecule has 0 aliphatic heterocycles. The molecule has 0 aliphatic carbocycles. The highest BCUT2D eigenvalue weighted by molar-refractivity contribution is 7.91. The molecule has 0 fully saturated rings. The summed E-state index contributed by atoms with van der Waals surface area (Å²) in [5.74, 6) is 0.889. The SMILES string of the molecule is CC(NC(=O)Nc1cc(OCCCS(=O)(=O)c2ccccc2)c(Cl)cc1Cl)c1ncnn1-c1ncccn1. The van der Waals surface area contributed by atoms with Crippen LogP contribution in [0.3, 0.4) is 0 Å². The lowest BCUT2D eigenvalue weighted by atomic mass is 10.3. The van der Waals surface area contributed by atoms with Crippen molar-refractivity contribution in [3.8, 4) is 11.7 Å². The third-order valence-electron chi connectivity index (χ3n) is 5.24. The van der Waals surface area contributed by atoms with Crippen LogP contribution in [0.4, 0.5) is 10.5 Å². The highest BCUT2D eigenvalue weighted by Gasteiger charge is 2.19. The van der Waals surface area contributed by atoms with Crippen LogP contribution in [-0.4, -0.2) is 51.5 Å². The molecule has 0 saturated heterocycles. The van der Waals surface area contributed by atoms with Crippen molar-refractivity contribution < 1.29 is 17.9 Å². The van der Waals surface area contributed by atoms with E-state index in [0.29, 0.717) is 11.8 Å². The van der Waals surface area contributed by atoms with E-state index < -0.39 is 21.9 Å². The number of ether oxygens (including phenoxy) is 1. The first-order valence-electron chi connectivity index (χ1n) is 11.4. The Kier molecular flexibility index (Phi) is 8.77. The second-order valence-electron chi connectivity index (χ2n) is 8.00. The number of urea groups is 1. The van der Waals surface area contributed by atoms with Crippen molar-refractivity contribution in [2.45, 2.75) is 24.3 Å². The standard InChI is InChI=1S/C24H23Cl2N7O4S/c1-16(22-29-15-30-33(22)23-27-9-5-10-28-23)31-24(34)32-20-14-21(19(26)13-18(20)25)37-11-6-12-38(35,36)17-7-3-2-4-8-17/h2-5,7-10,13-16H,6,11-12H2,1H3,(H2,31,32,34). The van der Waals surface area contributed by atoms with E-state index in [1.165, 1.54) is 23.1 Å². The number of hydrogen-bond acceptors (Lipinski definition) is 8. The van der Waals surface area contributed by atoms with Crippen molar-refractivity contribution in [1.82, 2.24) is 30.0 Å². The summed E-state index contributed by atoms with van der Waals surface area (Å²) in [7, 11) is -3.43. The second-order valence-corrected chi connectivity index (χ2v) is 10.9. The Bertz CT molecular complexity index is 1500. The average Bonchev–Trinajstić information content (AvgIpc) is 3.40. The molecule has 2 heterocycles. The van der Waals surface area contributed by atoms with Gasteiger partial charge in [0, 0.05) is 18.5 Å². The molecule has 0 spiro atoms. The van der Waals surface area contributed by atoms with Crippen LogP contribution in [0.25, 0.3) is 5.95 Å². The molecule has 2 aromatic carbocycles. The normalized spacial score (nSPS) is 12.1. The number of hydrogen-bond donors (Lipinski definition) is 2. The van der Waals surface area contributed by atoms with Gasteiger partial charge in [0.25, 0.3) is 5.95 Å². The Morgan fingerprint density at radius 1 is 1.05 bits per heavy atom. The van der Waals surface area contributed by atoms with Gasteiger partial charge in [-0.1, -0.05) is 41.4 Å². The zero-order valence-corrected chi connectivity index (χ0v) is 22.4. The summed E-state index contributed by atoms with van der Waals surface area (Å²) >= 11 is 12.5. The molecule has 4 aromatic rings. The molecule has 0 bridgehead atoms. The minimum atomic E-state index is -3.43. The molecular formula is C24H23Cl2N7O4S. The van der Waals surface area contributed by atoms with Crippen LogP contribution in [0.1, 0.15) is 25.2 Å². The van der Waals surface area contributed by atoms with Crippen molar-refractivity contribution >= 4 is 44.8 Å². The van der Waals surface area contributed by atoms with Crippen LogP contribution in [0, 0.1) is 0 Å². The summed E-state index contributed by atoms with van der Waals surface area (Å²) in [6, 6.07) is 11.7. The highest BCUT2D eigenvalue weighted by atomic mass is 35.5. The largest absolute Gasteiger partial charge is 0.492 e. The van der Waals surface area contributed by atoms with Crippen molar-refractivity contribution in [3.05, 3.63) is 83.1 Å². The van der Waals surface area contributed by atoms with Crippen LogP contribution in [0.15, 0.2) is 72.1 Å². The summed E-state index contributed by atoms with van der Waals surface area (Å²) in [6.45, 7) is 1.82. The average molecular weight is 576 g/mol. The van der Waals surface area contributed by atoms with Crippen molar-refractivity contribution in [3.63, 3.8) is 0 Å². The smallest absolute Gasteiger partial charge is 0.319 e. The highest BCUT2D eigenvalue weighted by Crippen LogP contribution is 2.34. The first-order valence-corrected chi connectivity index (χ1v) is 13.8. The zero-order valence-electron chi connectivity index (χ0n) is 20.1. The molecule has 38 heavy (non-hydrogen) atoms. The fourth-order valence-corrected chi connectivity index (χ4v) is 5.22. The molecule has 0 radical (unpaired) electrons. The Balaban J connectivity index is 1.36. The molecule has 2 N–H and O–H groups in total. The van der Waals surface area contributed by atoms with E-state index in [1.807, 2.05) is 0 Å². The number of rotatable bonds is 10. The lowest BCUT2D eigenvalue weighted by molar-refractivity contribution is 0.248. The van der Waals surface area contributed by atoms with Gasteiger partial charge in [0.05, 0.1) is 39.0 Å². The van der Waals surface area contributed by atoms with Gasteiger partial charge >= 0.3 is 6.03 Å². The molecule has 1 unspecified atom stereocenters. The Morgan fingerprint density at radius 3 is 2.53 bits per heavy atom. The molecule has 11 nitrogen and oxygen atoms in total. The minimum absolute atomic E-state index is 0.0906. The predicted molar refractivity (Wildman–Crippen MR) is 143 cm³/mol. The lowest BCUT2D eigenvalue weighted by Gasteiger charge is -2.16. The van der Waals surface area contributed by atoms with E-state index in [2.05, 4.69) is 30.7 Å². The minimum Gasteiger partial charge on any atom is -0.492 e. The molecule has 0 saturated carbocycles. The van der Waals surface area contributed by atoms with E-state index in [9.17, 15) is 13.2 Å². The van der Waals surface area contributed by atoms with Crippen LogP contribution < -0.4 is 15.4 Å². The van der Waals surface area contributed by atoms with E-state index in [1.54, 1.807) is 55.7 Å². The van der Waals surface area contributed by atoms with Crippen LogP contribution in [0.2, 0.25) is 10.0 Å². The lowest BCUT2D eigenvalue weighted by Crippen LogP contribution is -2.32. The molecule has 2 amide bonds. The van der Waals surface area contributed by atoms with Crippen LogP contribution in [0.5, 0.6) is 5.75 Å². The molecule has 198 valence electrons. The van der Waals surface area contributed by atoms with Gasteiger partial charge < -0.3 is 15.4 Å². The van der Waals surface area contributed by atoms with Gasteiger partial charge in [-0.25, -0.2) is 28.2 Å². The van der Waals surface area contributed by atoms with Crippen molar-refractivity contribution in [2.24, 2.45) is 0 Å². The maximum absolute atomic E-state index is 12.7. The number of halogens is 2. The summed E-state index contributed by atoms with van der Waals surface area (Å²) in [6.07, 6.45) is 4.72. The number of benzene rings is 2. The topological polar surface area (TPSA) is 141 Å². The maximum Gasteiger partial charge on any atom is 0.319 e. The first-order chi connectivity index (χ1) is 18.2.